The second-order valence-electron chi connectivity index (χ2n) is 4.57. The van der Waals surface area contributed by atoms with E-state index in [-0.39, 0.29) is 11.8 Å². The fourth-order valence-electron chi connectivity index (χ4n) is 1.60. The highest BCUT2D eigenvalue weighted by Crippen LogP contribution is 2.19. The summed E-state index contributed by atoms with van der Waals surface area (Å²) in [7, 11) is 0. The number of carbonyl (C=O) groups is 1. The van der Waals surface area contributed by atoms with Crippen molar-refractivity contribution in [2.45, 2.75) is 26.7 Å². The van der Waals surface area contributed by atoms with Gasteiger partial charge in [0.1, 0.15) is 5.76 Å². The highest BCUT2D eigenvalue weighted by molar-refractivity contribution is 6.30. The van der Waals surface area contributed by atoms with Crippen molar-refractivity contribution in [2.75, 3.05) is 5.32 Å². The number of halogens is 1. The number of nitrogens with zero attached hydrogens (tertiary/aromatic N) is 1. The van der Waals surface area contributed by atoms with Crippen molar-refractivity contribution < 1.29 is 9.21 Å². The molecule has 1 heterocycles. The van der Waals surface area contributed by atoms with Gasteiger partial charge < -0.3 is 9.73 Å². The Morgan fingerprint density at radius 2 is 1.95 bits per heavy atom. The number of amides is 1. The Hall–Kier alpha value is -1.81. The smallest absolute Gasteiger partial charge is 0.277 e. The van der Waals surface area contributed by atoms with Gasteiger partial charge in [-0.15, -0.1) is 0 Å². The van der Waals surface area contributed by atoms with E-state index in [1.54, 1.807) is 31.2 Å². The van der Waals surface area contributed by atoms with Crippen molar-refractivity contribution in [1.82, 2.24) is 4.98 Å². The van der Waals surface area contributed by atoms with Gasteiger partial charge in [0.05, 0.1) is 0 Å². The Morgan fingerprint density at radius 1 is 1.32 bits per heavy atom. The number of anilines is 1. The maximum absolute atomic E-state index is 12.1. The molecule has 2 rings (SSSR count). The van der Waals surface area contributed by atoms with Crippen molar-refractivity contribution in [3.05, 3.63) is 46.6 Å². The van der Waals surface area contributed by atoms with Crippen LogP contribution in [0.4, 0.5) is 5.69 Å². The van der Waals surface area contributed by atoms with Gasteiger partial charge in [-0.3, -0.25) is 4.79 Å². The maximum atomic E-state index is 12.1. The molecule has 0 spiro atoms. The number of hydrogen-bond acceptors (Lipinski definition) is 3. The molecule has 0 atom stereocenters. The first-order valence-corrected chi connectivity index (χ1v) is 6.39. The normalized spacial score (nSPS) is 10.8. The molecule has 1 N–H and O–H groups in total. The van der Waals surface area contributed by atoms with Crippen molar-refractivity contribution >= 4 is 23.2 Å². The number of benzene rings is 1. The average Bonchev–Trinajstić information content (AvgIpc) is 2.74. The SMILES string of the molecule is Cc1oc(C(C)C)nc1C(=O)Nc1ccc(Cl)cc1. The van der Waals surface area contributed by atoms with Gasteiger partial charge in [-0.1, -0.05) is 25.4 Å². The van der Waals surface area contributed by atoms with Crippen LogP contribution in [-0.4, -0.2) is 10.9 Å². The first-order valence-electron chi connectivity index (χ1n) is 6.01. The zero-order chi connectivity index (χ0) is 14.0. The molecule has 0 fully saturated rings. The molecule has 5 heteroatoms. The molecule has 0 bridgehead atoms. The molecule has 0 aliphatic carbocycles. The van der Waals surface area contributed by atoms with Gasteiger partial charge in [0.2, 0.25) is 0 Å². The molecule has 100 valence electrons. The number of hydrogen-bond donors (Lipinski definition) is 1. The molecule has 19 heavy (non-hydrogen) atoms. The summed E-state index contributed by atoms with van der Waals surface area (Å²) < 4.78 is 5.46. The van der Waals surface area contributed by atoms with E-state index in [1.165, 1.54) is 0 Å². The Balaban J connectivity index is 2.18. The molecular weight excluding hydrogens is 264 g/mol. The minimum absolute atomic E-state index is 0.149. The van der Waals surface area contributed by atoms with Crippen LogP contribution in [0.1, 0.15) is 41.9 Å². The number of oxazole rings is 1. The molecule has 4 nitrogen and oxygen atoms in total. The number of carbonyl (C=O) groups excluding carboxylic acids is 1. The standard InChI is InChI=1S/C14H15ClN2O2/c1-8(2)14-17-12(9(3)19-14)13(18)16-11-6-4-10(15)5-7-11/h4-8H,1-3H3,(H,16,18). The first kappa shape index (κ1) is 13.6. The summed E-state index contributed by atoms with van der Waals surface area (Å²) in [5, 5.41) is 3.38. The van der Waals surface area contributed by atoms with Crippen molar-refractivity contribution in [1.29, 1.82) is 0 Å². The van der Waals surface area contributed by atoms with E-state index in [4.69, 9.17) is 16.0 Å². The van der Waals surface area contributed by atoms with Crippen LogP contribution in [0, 0.1) is 6.92 Å². The lowest BCUT2D eigenvalue weighted by atomic mass is 10.2. The third-order valence-electron chi connectivity index (χ3n) is 2.62. The van der Waals surface area contributed by atoms with Crippen LogP contribution in [0.15, 0.2) is 28.7 Å². The van der Waals surface area contributed by atoms with Gasteiger partial charge in [-0.2, -0.15) is 0 Å². The minimum atomic E-state index is -0.282. The molecular formula is C14H15ClN2O2. The average molecular weight is 279 g/mol. The van der Waals surface area contributed by atoms with Crippen LogP contribution in [0.3, 0.4) is 0 Å². The summed E-state index contributed by atoms with van der Waals surface area (Å²) in [6.45, 7) is 5.66. The molecule has 1 aromatic heterocycles. The largest absolute Gasteiger partial charge is 0.445 e. The fourth-order valence-corrected chi connectivity index (χ4v) is 1.72. The van der Waals surface area contributed by atoms with Gasteiger partial charge in [0.25, 0.3) is 5.91 Å². The Kier molecular flexibility index (Phi) is 3.90. The van der Waals surface area contributed by atoms with Gasteiger partial charge in [0, 0.05) is 16.6 Å². The van der Waals surface area contributed by atoms with Gasteiger partial charge in [0.15, 0.2) is 11.6 Å². The van der Waals surface area contributed by atoms with E-state index in [1.807, 2.05) is 13.8 Å². The van der Waals surface area contributed by atoms with Crippen LogP contribution < -0.4 is 5.32 Å². The lowest BCUT2D eigenvalue weighted by Gasteiger charge is -2.03. The zero-order valence-corrected chi connectivity index (χ0v) is 11.8. The summed E-state index contributed by atoms with van der Waals surface area (Å²) in [6, 6.07) is 6.90. The van der Waals surface area contributed by atoms with Gasteiger partial charge in [-0.05, 0) is 31.2 Å². The summed E-state index contributed by atoms with van der Waals surface area (Å²) >= 11 is 5.79. The van der Waals surface area contributed by atoms with Crippen LogP contribution >= 0.6 is 11.6 Å². The predicted molar refractivity (Wildman–Crippen MR) is 74.7 cm³/mol. The topological polar surface area (TPSA) is 55.1 Å². The van der Waals surface area contributed by atoms with E-state index in [0.29, 0.717) is 28.1 Å². The van der Waals surface area contributed by atoms with Crippen LogP contribution in [0.2, 0.25) is 5.02 Å². The van der Waals surface area contributed by atoms with E-state index in [2.05, 4.69) is 10.3 Å². The molecule has 0 aliphatic heterocycles. The van der Waals surface area contributed by atoms with Crippen LogP contribution in [0.25, 0.3) is 0 Å². The summed E-state index contributed by atoms with van der Waals surface area (Å²) in [6.07, 6.45) is 0. The molecule has 0 saturated carbocycles. The van der Waals surface area contributed by atoms with Crippen molar-refractivity contribution in [2.24, 2.45) is 0 Å². The Labute approximate surface area is 116 Å². The maximum Gasteiger partial charge on any atom is 0.277 e. The van der Waals surface area contributed by atoms with E-state index < -0.39 is 0 Å². The van der Waals surface area contributed by atoms with Gasteiger partial charge in [-0.25, -0.2) is 4.98 Å². The third-order valence-corrected chi connectivity index (χ3v) is 2.88. The lowest BCUT2D eigenvalue weighted by molar-refractivity contribution is 0.102. The quantitative estimate of drug-likeness (QED) is 0.923. The van der Waals surface area contributed by atoms with E-state index in [0.717, 1.165) is 0 Å². The van der Waals surface area contributed by atoms with E-state index in [9.17, 15) is 4.79 Å². The van der Waals surface area contributed by atoms with Gasteiger partial charge >= 0.3 is 0 Å². The number of aryl methyl sites for hydroxylation is 1. The molecule has 1 amide bonds. The fraction of sp³-hybridized carbons (Fsp3) is 0.286. The Morgan fingerprint density at radius 3 is 2.47 bits per heavy atom. The summed E-state index contributed by atoms with van der Waals surface area (Å²) in [5.74, 6) is 0.958. The highest BCUT2D eigenvalue weighted by Gasteiger charge is 2.18. The predicted octanol–water partition coefficient (Wildman–Crippen LogP) is 4.01. The van der Waals surface area contributed by atoms with Crippen molar-refractivity contribution in [3.8, 4) is 0 Å². The monoisotopic (exact) mass is 278 g/mol. The number of aromatic nitrogens is 1. The van der Waals surface area contributed by atoms with E-state index >= 15 is 0 Å². The second-order valence-corrected chi connectivity index (χ2v) is 5.01. The minimum Gasteiger partial charge on any atom is -0.445 e. The highest BCUT2D eigenvalue weighted by atomic mass is 35.5. The molecule has 0 radical (unpaired) electrons. The zero-order valence-electron chi connectivity index (χ0n) is 11.0. The Bertz CT molecular complexity index is 588. The second kappa shape index (κ2) is 5.45. The third kappa shape index (κ3) is 3.15. The molecule has 1 aromatic carbocycles. The molecule has 2 aromatic rings. The molecule has 0 saturated heterocycles. The van der Waals surface area contributed by atoms with Crippen LogP contribution in [0.5, 0.6) is 0 Å². The number of nitrogens with one attached hydrogen (secondary N) is 1. The molecule has 0 unspecified atom stereocenters. The summed E-state index contributed by atoms with van der Waals surface area (Å²) in [4.78, 5) is 16.3. The first-order chi connectivity index (χ1) is 8.97. The lowest BCUT2D eigenvalue weighted by Crippen LogP contribution is -2.13. The molecule has 0 aliphatic rings. The number of rotatable bonds is 3. The van der Waals surface area contributed by atoms with Crippen molar-refractivity contribution in [3.63, 3.8) is 0 Å². The summed E-state index contributed by atoms with van der Waals surface area (Å²) in [5.41, 5.74) is 0.988. The van der Waals surface area contributed by atoms with Crippen LogP contribution in [-0.2, 0) is 0 Å².